The molecule has 0 bridgehead atoms. The maximum absolute atomic E-state index is 11.5. The van der Waals surface area contributed by atoms with E-state index in [9.17, 15) is 9.90 Å². The maximum atomic E-state index is 11.5. The zero-order valence-electron chi connectivity index (χ0n) is 13.2. The third-order valence-corrected chi connectivity index (χ3v) is 3.52. The average Bonchev–Trinajstić information content (AvgIpc) is 2.27. The van der Waals surface area contributed by atoms with Crippen LogP contribution in [0.2, 0.25) is 13.1 Å². The predicted molar refractivity (Wildman–Crippen MR) is 81.5 cm³/mol. The van der Waals surface area contributed by atoms with Gasteiger partial charge in [-0.15, -0.1) is 0 Å². The molecule has 4 nitrogen and oxygen atoms in total. The van der Waals surface area contributed by atoms with Gasteiger partial charge in [0.05, 0.1) is 7.11 Å². The molecule has 0 aliphatic carbocycles. The number of benzene rings is 1. The smallest absolute Gasteiger partial charge is 0.339 e. The Morgan fingerprint density at radius 2 is 1.80 bits per heavy atom. The zero-order chi connectivity index (χ0) is 15.7. The molecule has 0 aromatic heterocycles. The first-order valence-electron chi connectivity index (χ1n) is 6.53. The van der Waals surface area contributed by atoms with Crippen LogP contribution < -0.4 is 9.16 Å². The van der Waals surface area contributed by atoms with E-state index in [1.54, 1.807) is 13.2 Å². The van der Waals surface area contributed by atoms with Crippen molar-refractivity contribution in [2.45, 2.75) is 46.2 Å². The van der Waals surface area contributed by atoms with Crippen LogP contribution in [0.5, 0.6) is 11.5 Å². The summed E-state index contributed by atoms with van der Waals surface area (Å²) in [6.07, 6.45) is 0. The number of carbonyl (C=O) groups is 1. The van der Waals surface area contributed by atoms with E-state index in [1.807, 2.05) is 40.8 Å². The largest absolute Gasteiger partial charge is 0.542 e. The number of ether oxygens (including phenoxy) is 1. The molecule has 1 aromatic rings. The summed E-state index contributed by atoms with van der Waals surface area (Å²) in [5, 5.41) is 9.45. The van der Waals surface area contributed by atoms with Crippen molar-refractivity contribution in [3.05, 3.63) is 22.8 Å². The Morgan fingerprint density at radius 3 is 2.15 bits per heavy atom. The SMILES string of the molecule is COc1c(C)cc(C(=O)O)c(O[Si](C)C)c1C(C)(C)C. The number of methoxy groups -OCH3 is 1. The molecule has 0 aliphatic heterocycles. The molecule has 0 spiro atoms. The average molecular weight is 295 g/mol. The molecule has 1 N–H and O–H groups in total. The van der Waals surface area contributed by atoms with E-state index < -0.39 is 15.0 Å². The van der Waals surface area contributed by atoms with Crippen molar-refractivity contribution in [1.82, 2.24) is 0 Å². The molecule has 5 heteroatoms. The summed E-state index contributed by atoms with van der Waals surface area (Å²) in [5.74, 6) is 0.187. The van der Waals surface area contributed by atoms with Gasteiger partial charge in [-0.1, -0.05) is 20.8 Å². The van der Waals surface area contributed by atoms with Crippen molar-refractivity contribution in [2.75, 3.05) is 7.11 Å². The van der Waals surface area contributed by atoms with Crippen LogP contribution in [-0.2, 0) is 5.41 Å². The van der Waals surface area contributed by atoms with Gasteiger partial charge in [0.2, 0.25) is 0 Å². The second-order valence-corrected chi connectivity index (χ2v) is 8.06. The van der Waals surface area contributed by atoms with E-state index in [0.717, 1.165) is 11.1 Å². The number of rotatable bonds is 4. The molecule has 0 saturated carbocycles. The molecule has 0 aliphatic rings. The van der Waals surface area contributed by atoms with Gasteiger partial charge in [0, 0.05) is 5.56 Å². The van der Waals surface area contributed by atoms with Crippen LogP contribution in [0.4, 0.5) is 0 Å². The number of aromatic carboxylic acids is 1. The minimum atomic E-state index is -1.08. The van der Waals surface area contributed by atoms with Crippen LogP contribution in [0.15, 0.2) is 6.07 Å². The van der Waals surface area contributed by atoms with E-state index in [2.05, 4.69) is 0 Å². The van der Waals surface area contributed by atoms with Crippen LogP contribution in [0.25, 0.3) is 0 Å². The Hall–Kier alpha value is -1.49. The molecule has 1 radical (unpaired) electrons. The Labute approximate surface area is 122 Å². The second kappa shape index (κ2) is 5.87. The quantitative estimate of drug-likeness (QED) is 0.862. The maximum Gasteiger partial charge on any atom is 0.339 e. The van der Waals surface area contributed by atoms with Crippen molar-refractivity contribution in [3.8, 4) is 11.5 Å². The monoisotopic (exact) mass is 295 g/mol. The van der Waals surface area contributed by atoms with Crippen molar-refractivity contribution in [2.24, 2.45) is 0 Å². The highest BCUT2D eigenvalue weighted by molar-refractivity contribution is 6.49. The topological polar surface area (TPSA) is 55.8 Å². The van der Waals surface area contributed by atoms with Gasteiger partial charge in [-0.2, -0.15) is 0 Å². The lowest BCUT2D eigenvalue weighted by Crippen LogP contribution is -2.22. The fraction of sp³-hybridized carbons (Fsp3) is 0.533. The summed E-state index contributed by atoms with van der Waals surface area (Å²) in [7, 11) is 0.523. The fourth-order valence-corrected chi connectivity index (χ4v) is 2.82. The highest BCUT2D eigenvalue weighted by atomic mass is 28.3. The van der Waals surface area contributed by atoms with Crippen molar-refractivity contribution < 1.29 is 19.1 Å². The third kappa shape index (κ3) is 3.33. The van der Waals surface area contributed by atoms with Crippen LogP contribution in [-0.4, -0.2) is 27.2 Å². The van der Waals surface area contributed by atoms with E-state index in [-0.39, 0.29) is 11.0 Å². The van der Waals surface area contributed by atoms with Gasteiger partial charge in [-0.25, -0.2) is 4.79 Å². The fourth-order valence-electron chi connectivity index (χ4n) is 2.20. The number of hydrogen-bond donors (Lipinski definition) is 1. The molecule has 111 valence electrons. The molecule has 0 heterocycles. The lowest BCUT2D eigenvalue weighted by atomic mass is 9.83. The van der Waals surface area contributed by atoms with Crippen LogP contribution >= 0.6 is 0 Å². The number of carboxylic acids is 1. The van der Waals surface area contributed by atoms with Crippen molar-refractivity contribution in [3.63, 3.8) is 0 Å². The molecule has 0 saturated heterocycles. The summed E-state index contributed by atoms with van der Waals surface area (Å²) >= 11 is 0. The summed E-state index contributed by atoms with van der Waals surface area (Å²) < 4.78 is 11.4. The number of carboxylic acid groups (broad SMARTS) is 1. The standard InChI is InChI=1S/C15H23O4Si/c1-9-8-10(14(16)17)13(19-20(6)7)11(12(9)18-5)15(2,3)4/h8H,1-7H3,(H,16,17). The molecule has 0 amide bonds. The molecule has 1 rings (SSSR count). The Balaban J connectivity index is 3.75. The minimum Gasteiger partial charge on any atom is -0.542 e. The highest BCUT2D eigenvalue weighted by Crippen LogP contribution is 2.43. The Morgan fingerprint density at radius 1 is 1.25 bits per heavy atom. The van der Waals surface area contributed by atoms with Crippen LogP contribution in [0, 0.1) is 6.92 Å². The number of hydrogen-bond acceptors (Lipinski definition) is 3. The normalized spacial score (nSPS) is 11.6. The summed E-state index contributed by atoms with van der Waals surface area (Å²) in [4.78, 5) is 11.5. The summed E-state index contributed by atoms with van der Waals surface area (Å²) in [5.41, 5.74) is 1.57. The third-order valence-electron chi connectivity index (χ3n) is 2.91. The van der Waals surface area contributed by atoms with E-state index in [1.165, 1.54) is 0 Å². The molecule has 1 aromatic carbocycles. The first-order valence-corrected chi connectivity index (χ1v) is 8.93. The highest BCUT2D eigenvalue weighted by Gasteiger charge is 2.30. The molecular formula is C15H23O4Si. The van der Waals surface area contributed by atoms with E-state index in [0.29, 0.717) is 11.5 Å². The van der Waals surface area contributed by atoms with Gasteiger partial charge in [0.15, 0.2) is 0 Å². The zero-order valence-corrected chi connectivity index (χ0v) is 14.2. The van der Waals surface area contributed by atoms with Gasteiger partial charge >= 0.3 is 5.97 Å². The second-order valence-electron chi connectivity index (χ2n) is 6.04. The van der Waals surface area contributed by atoms with Gasteiger partial charge in [-0.3, -0.25) is 0 Å². The first kappa shape index (κ1) is 16.6. The molecule has 20 heavy (non-hydrogen) atoms. The van der Waals surface area contributed by atoms with Gasteiger partial charge < -0.3 is 14.3 Å². The van der Waals surface area contributed by atoms with Gasteiger partial charge in [0.1, 0.15) is 17.1 Å². The van der Waals surface area contributed by atoms with Gasteiger partial charge in [0.25, 0.3) is 9.04 Å². The molecule has 0 unspecified atom stereocenters. The van der Waals surface area contributed by atoms with Gasteiger partial charge in [-0.05, 0) is 37.1 Å². The number of aryl methyl sites for hydroxylation is 1. The lowest BCUT2D eigenvalue weighted by molar-refractivity contribution is 0.0694. The van der Waals surface area contributed by atoms with Crippen molar-refractivity contribution >= 4 is 15.0 Å². The van der Waals surface area contributed by atoms with Crippen LogP contribution in [0.1, 0.15) is 42.3 Å². The molecule has 0 fully saturated rings. The Bertz CT molecular complexity index is 516. The summed E-state index contributed by atoms with van der Waals surface area (Å²) in [6.45, 7) is 11.9. The summed E-state index contributed by atoms with van der Waals surface area (Å²) in [6, 6.07) is 1.62. The first-order chi connectivity index (χ1) is 9.09. The Kier molecular flexibility index (Phi) is 4.86. The van der Waals surface area contributed by atoms with E-state index in [4.69, 9.17) is 9.16 Å². The van der Waals surface area contributed by atoms with E-state index >= 15 is 0 Å². The lowest BCUT2D eigenvalue weighted by Gasteiger charge is -2.28. The van der Waals surface area contributed by atoms with Crippen LogP contribution in [0.3, 0.4) is 0 Å². The molecular weight excluding hydrogens is 272 g/mol. The van der Waals surface area contributed by atoms with Crippen molar-refractivity contribution in [1.29, 1.82) is 0 Å². The minimum absolute atomic E-state index is 0.208. The molecule has 0 atom stereocenters. The predicted octanol–water partition coefficient (Wildman–Crippen LogP) is 3.63.